The van der Waals surface area contributed by atoms with Gasteiger partial charge in [-0.05, 0) is 24.0 Å². The van der Waals surface area contributed by atoms with Gasteiger partial charge in [-0.1, -0.05) is 24.3 Å². The number of hydrogen-bond donors (Lipinski definition) is 1. The molecule has 1 aromatic carbocycles. The maximum Gasteiger partial charge on any atom is 0.312 e. The second-order valence-corrected chi connectivity index (χ2v) is 6.30. The Morgan fingerprint density at radius 1 is 1.25 bits per heavy atom. The van der Waals surface area contributed by atoms with Crippen molar-refractivity contribution in [3.8, 4) is 0 Å². The highest BCUT2D eigenvalue weighted by atomic mass is 16.5. The summed E-state index contributed by atoms with van der Waals surface area (Å²) < 4.78 is 11.0. The smallest absolute Gasteiger partial charge is 0.312 e. The highest BCUT2D eigenvalue weighted by Gasteiger charge is 2.32. The Balaban J connectivity index is 1.56. The predicted octanol–water partition coefficient (Wildman–Crippen LogP) is 1.78. The molecule has 1 N–H and O–H groups in total. The normalized spacial score (nSPS) is 21.3. The zero-order valence-corrected chi connectivity index (χ0v) is 13.6. The largest absolute Gasteiger partial charge is 0.481 e. The van der Waals surface area contributed by atoms with Crippen LogP contribution in [0.15, 0.2) is 24.3 Å². The second kappa shape index (κ2) is 7.77. The first-order valence-electron chi connectivity index (χ1n) is 8.43. The summed E-state index contributed by atoms with van der Waals surface area (Å²) in [7, 11) is 0. The summed E-state index contributed by atoms with van der Waals surface area (Å²) in [5.74, 6) is -1.60. The van der Waals surface area contributed by atoms with E-state index in [0.717, 1.165) is 24.0 Å². The maximum atomic E-state index is 12.4. The van der Waals surface area contributed by atoms with Crippen LogP contribution in [-0.4, -0.2) is 54.4 Å². The van der Waals surface area contributed by atoms with Crippen LogP contribution in [0.25, 0.3) is 0 Å². The molecule has 1 atom stereocenters. The monoisotopic (exact) mass is 333 g/mol. The molecule has 2 aliphatic heterocycles. The van der Waals surface area contributed by atoms with Gasteiger partial charge in [0.05, 0.1) is 25.0 Å². The maximum absolute atomic E-state index is 12.4. The summed E-state index contributed by atoms with van der Waals surface area (Å²) in [6, 6.07) is 7.45. The summed E-state index contributed by atoms with van der Waals surface area (Å²) in [5.41, 5.74) is 1.72. The van der Waals surface area contributed by atoms with Gasteiger partial charge in [-0.15, -0.1) is 0 Å². The fourth-order valence-electron chi connectivity index (χ4n) is 3.32. The third kappa shape index (κ3) is 3.94. The average molecular weight is 333 g/mol. The highest BCUT2D eigenvalue weighted by molar-refractivity contribution is 5.81. The van der Waals surface area contributed by atoms with E-state index in [1.807, 2.05) is 24.3 Å². The van der Waals surface area contributed by atoms with Crippen LogP contribution in [0.5, 0.6) is 0 Å². The first-order chi connectivity index (χ1) is 11.6. The zero-order chi connectivity index (χ0) is 16.9. The molecule has 0 aromatic heterocycles. The first kappa shape index (κ1) is 16.9. The molecule has 6 heteroatoms. The molecule has 1 aromatic rings. The molecule has 0 aliphatic carbocycles. The topological polar surface area (TPSA) is 76.1 Å². The average Bonchev–Trinajstić information content (AvgIpc) is 2.61. The number of ether oxygens (including phenoxy) is 2. The molecular weight excluding hydrogens is 310 g/mol. The number of carbonyl (C=O) groups excluding carboxylic acids is 1. The van der Waals surface area contributed by atoms with E-state index in [2.05, 4.69) is 0 Å². The molecule has 3 rings (SSSR count). The van der Waals surface area contributed by atoms with Gasteiger partial charge in [-0.3, -0.25) is 9.59 Å². The van der Waals surface area contributed by atoms with Gasteiger partial charge >= 0.3 is 5.97 Å². The highest BCUT2D eigenvalue weighted by Crippen LogP contribution is 2.28. The van der Waals surface area contributed by atoms with Crippen molar-refractivity contribution in [3.63, 3.8) is 0 Å². The summed E-state index contributed by atoms with van der Waals surface area (Å²) in [5, 5.41) is 9.46. The molecule has 1 amide bonds. The van der Waals surface area contributed by atoms with Crippen LogP contribution >= 0.6 is 0 Å². The number of nitrogens with zero attached hydrogens (tertiary/aromatic N) is 1. The van der Waals surface area contributed by atoms with Crippen LogP contribution in [0, 0.1) is 0 Å². The lowest BCUT2D eigenvalue weighted by Crippen LogP contribution is -2.41. The van der Waals surface area contributed by atoms with E-state index in [9.17, 15) is 14.7 Å². The lowest BCUT2D eigenvalue weighted by Gasteiger charge is -2.33. The molecule has 2 aliphatic rings. The molecule has 24 heavy (non-hydrogen) atoms. The van der Waals surface area contributed by atoms with Crippen molar-refractivity contribution in [2.75, 3.05) is 26.4 Å². The van der Waals surface area contributed by atoms with Gasteiger partial charge in [-0.2, -0.15) is 0 Å². The van der Waals surface area contributed by atoms with Crippen LogP contribution in [0.4, 0.5) is 0 Å². The first-order valence-corrected chi connectivity index (χ1v) is 8.43. The van der Waals surface area contributed by atoms with Crippen molar-refractivity contribution >= 4 is 11.9 Å². The summed E-state index contributed by atoms with van der Waals surface area (Å²) in [4.78, 5) is 25.6. The van der Waals surface area contributed by atoms with Crippen molar-refractivity contribution in [2.24, 2.45) is 0 Å². The van der Waals surface area contributed by atoms with E-state index in [0.29, 0.717) is 26.4 Å². The molecule has 1 saturated heterocycles. The molecule has 130 valence electrons. The van der Waals surface area contributed by atoms with Crippen molar-refractivity contribution in [3.05, 3.63) is 35.4 Å². The standard InChI is InChI=1S/C18H23NO5/c20-17(7-10-24-14-5-8-23-9-6-14)19-11-13-3-1-2-4-15(13)16(12-19)18(21)22/h1-4,14,16H,5-12H2,(H,21,22). The Morgan fingerprint density at radius 2 is 2.00 bits per heavy atom. The molecular formula is C18H23NO5. The molecule has 0 radical (unpaired) electrons. The molecule has 6 nitrogen and oxygen atoms in total. The molecule has 1 unspecified atom stereocenters. The number of carboxylic acids is 1. The Morgan fingerprint density at radius 3 is 2.75 bits per heavy atom. The van der Waals surface area contributed by atoms with Crippen molar-refractivity contribution in [2.45, 2.75) is 37.8 Å². The SMILES string of the molecule is O=C(O)C1CN(C(=O)CCOC2CCOCC2)Cc2ccccc21. The van der Waals surface area contributed by atoms with Crippen molar-refractivity contribution < 1.29 is 24.2 Å². The number of rotatable bonds is 5. The van der Waals surface area contributed by atoms with E-state index in [1.54, 1.807) is 4.90 Å². The third-order valence-corrected chi connectivity index (χ3v) is 4.68. The number of carboxylic acid groups (broad SMARTS) is 1. The van der Waals surface area contributed by atoms with Gasteiger partial charge in [-0.25, -0.2) is 0 Å². The van der Waals surface area contributed by atoms with E-state index < -0.39 is 11.9 Å². The minimum atomic E-state index is -0.890. The van der Waals surface area contributed by atoms with E-state index in [-0.39, 0.29) is 25.0 Å². The van der Waals surface area contributed by atoms with E-state index in [4.69, 9.17) is 9.47 Å². The Hall–Kier alpha value is -1.92. The van der Waals surface area contributed by atoms with Gasteiger partial charge in [0.15, 0.2) is 0 Å². The quantitative estimate of drug-likeness (QED) is 0.889. The Kier molecular flexibility index (Phi) is 5.48. The number of amides is 1. The van der Waals surface area contributed by atoms with E-state index >= 15 is 0 Å². The number of fused-ring (bicyclic) bond motifs is 1. The number of hydrogen-bond acceptors (Lipinski definition) is 4. The van der Waals surface area contributed by atoms with Gasteiger partial charge in [0.25, 0.3) is 0 Å². The van der Waals surface area contributed by atoms with Crippen LogP contribution in [0.1, 0.15) is 36.3 Å². The lowest BCUT2D eigenvalue weighted by molar-refractivity contribution is -0.141. The summed E-state index contributed by atoms with van der Waals surface area (Å²) in [6.07, 6.45) is 2.19. The van der Waals surface area contributed by atoms with Crippen molar-refractivity contribution in [1.82, 2.24) is 4.90 Å². The van der Waals surface area contributed by atoms with Crippen LogP contribution in [0.3, 0.4) is 0 Å². The fraction of sp³-hybridized carbons (Fsp3) is 0.556. The Labute approximate surface area is 141 Å². The fourth-order valence-corrected chi connectivity index (χ4v) is 3.32. The minimum Gasteiger partial charge on any atom is -0.481 e. The van der Waals surface area contributed by atoms with Crippen LogP contribution < -0.4 is 0 Å². The molecule has 2 heterocycles. The van der Waals surface area contributed by atoms with Crippen LogP contribution in [-0.2, 0) is 25.6 Å². The number of benzene rings is 1. The number of aliphatic carboxylic acids is 1. The second-order valence-electron chi connectivity index (χ2n) is 6.30. The predicted molar refractivity (Wildman–Crippen MR) is 86.6 cm³/mol. The molecule has 1 fully saturated rings. The van der Waals surface area contributed by atoms with Gasteiger partial charge in [0.1, 0.15) is 0 Å². The summed E-state index contributed by atoms with van der Waals surface area (Å²) in [6.45, 7) is 2.49. The minimum absolute atomic E-state index is 0.0530. The van der Waals surface area contributed by atoms with Gasteiger partial charge in [0, 0.05) is 26.3 Å². The van der Waals surface area contributed by atoms with Crippen LogP contribution in [0.2, 0.25) is 0 Å². The van der Waals surface area contributed by atoms with Gasteiger partial charge in [0.2, 0.25) is 5.91 Å². The molecule has 0 spiro atoms. The number of carbonyl (C=O) groups is 2. The zero-order valence-electron chi connectivity index (χ0n) is 13.6. The van der Waals surface area contributed by atoms with Gasteiger partial charge < -0.3 is 19.5 Å². The van der Waals surface area contributed by atoms with Crippen molar-refractivity contribution in [1.29, 1.82) is 0 Å². The lowest BCUT2D eigenvalue weighted by atomic mass is 9.89. The summed E-state index contributed by atoms with van der Waals surface area (Å²) >= 11 is 0. The Bertz CT molecular complexity index is 597. The molecule has 0 saturated carbocycles. The third-order valence-electron chi connectivity index (χ3n) is 4.68. The van der Waals surface area contributed by atoms with E-state index in [1.165, 1.54) is 0 Å². The molecule has 0 bridgehead atoms.